The minimum absolute atomic E-state index is 0.355. The van der Waals surface area contributed by atoms with Gasteiger partial charge in [0.1, 0.15) is 5.82 Å². The van der Waals surface area contributed by atoms with Gasteiger partial charge in [0.2, 0.25) is 5.95 Å². The number of urea groups is 1. The molecule has 0 fully saturated rings. The number of rotatable bonds is 7. The van der Waals surface area contributed by atoms with Crippen molar-refractivity contribution in [1.29, 1.82) is 0 Å². The van der Waals surface area contributed by atoms with Crippen LogP contribution in [-0.4, -0.2) is 34.8 Å². The summed E-state index contributed by atoms with van der Waals surface area (Å²) in [5, 5.41) is 5.83. The van der Waals surface area contributed by atoms with Crippen LogP contribution in [0.3, 0.4) is 0 Å². The molecular formula is C21H26N6O3. The highest BCUT2D eigenvalue weighted by Gasteiger charge is 2.13. The predicted molar refractivity (Wildman–Crippen MR) is 115 cm³/mol. The van der Waals surface area contributed by atoms with Crippen LogP contribution < -0.4 is 25.8 Å². The number of ether oxygens (including phenoxy) is 2. The molecule has 30 heavy (non-hydrogen) atoms. The van der Waals surface area contributed by atoms with Crippen LogP contribution >= 0.6 is 0 Å². The number of carbonyl (C=O) groups is 1. The van der Waals surface area contributed by atoms with E-state index in [0.717, 1.165) is 33.8 Å². The Hall–Kier alpha value is -3.75. The Balaban J connectivity index is 1.90. The number of methoxy groups -OCH3 is 2. The van der Waals surface area contributed by atoms with Crippen molar-refractivity contribution in [2.45, 2.75) is 27.3 Å². The molecule has 0 aliphatic heterocycles. The molecule has 0 saturated carbocycles. The molecule has 0 atom stereocenters. The highest BCUT2D eigenvalue weighted by Crippen LogP contribution is 2.34. The van der Waals surface area contributed by atoms with Crippen molar-refractivity contribution in [3.8, 4) is 17.3 Å². The van der Waals surface area contributed by atoms with E-state index in [9.17, 15) is 4.79 Å². The summed E-state index contributed by atoms with van der Waals surface area (Å²) in [7, 11) is 3.21. The van der Waals surface area contributed by atoms with Crippen LogP contribution in [0.5, 0.6) is 11.5 Å². The first-order valence-corrected chi connectivity index (χ1v) is 9.36. The molecule has 2 amide bonds. The van der Waals surface area contributed by atoms with E-state index in [1.54, 1.807) is 20.4 Å². The lowest BCUT2D eigenvalue weighted by Crippen LogP contribution is -2.28. The van der Waals surface area contributed by atoms with Crippen molar-refractivity contribution in [1.82, 2.24) is 19.9 Å². The summed E-state index contributed by atoms with van der Waals surface area (Å²) in [4.78, 5) is 20.1. The van der Waals surface area contributed by atoms with Gasteiger partial charge in [0.15, 0.2) is 11.5 Å². The van der Waals surface area contributed by atoms with E-state index in [1.165, 1.54) is 0 Å². The SMILES string of the molecule is COc1cc(Nc2ncc(C)c(-n3cc(C)c(CNC(N)=O)c3)n2)cc(C)c1OC. The number of hydrogen-bond donors (Lipinski definition) is 3. The summed E-state index contributed by atoms with van der Waals surface area (Å²) >= 11 is 0. The lowest BCUT2D eigenvalue weighted by atomic mass is 10.2. The number of benzene rings is 1. The normalized spacial score (nSPS) is 10.6. The van der Waals surface area contributed by atoms with E-state index in [-0.39, 0.29) is 0 Å². The summed E-state index contributed by atoms with van der Waals surface area (Å²) in [6.45, 7) is 6.21. The molecule has 9 nitrogen and oxygen atoms in total. The summed E-state index contributed by atoms with van der Waals surface area (Å²) in [6, 6.07) is 3.22. The average Bonchev–Trinajstić information content (AvgIpc) is 3.07. The molecule has 0 aliphatic rings. The molecular weight excluding hydrogens is 384 g/mol. The Labute approximate surface area is 175 Å². The van der Waals surface area contributed by atoms with E-state index in [4.69, 9.17) is 15.2 Å². The molecule has 9 heteroatoms. The van der Waals surface area contributed by atoms with E-state index >= 15 is 0 Å². The minimum Gasteiger partial charge on any atom is -0.493 e. The number of primary amides is 1. The van der Waals surface area contributed by atoms with Crippen molar-refractivity contribution in [3.05, 3.63) is 53.0 Å². The molecule has 2 aromatic heterocycles. The number of nitrogens with two attached hydrogens (primary N) is 1. The zero-order chi connectivity index (χ0) is 21.8. The standard InChI is InChI=1S/C21H26N6O3/c1-12-6-16(7-17(29-4)18(12)30-5)25-21-24-8-13(2)19(26-21)27-10-14(3)15(11-27)9-23-20(22)28/h6-8,10-11H,9H2,1-5H3,(H3,22,23,28)(H,24,25,26). The first-order valence-electron chi connectivity index (χ1n) is 9.36. The molecule has 3 rings (SSSR count). The fourth-order valence-electron chi connectivity index (χ4n) is 3.20. The molecule has 0 bridgehead atoms. The number of nitrogens with one attached hydrogen (secondary N) is 2. The maximum Gasteiger partial charge on any atom is 0.312 e. The molecule has 0 radical (unpaired) electrons. The smallest absolute Gasteiger partial charge is 0.312 e. The quantitative estimate of drug-likeness (QED) is 0.551. The summed E-state index contributed by atoms with van der Waals surface area (Å²) in [5.74, 6) is 2.50. The fraction of sp³-hybridized carbons (Fsp3) is 0.286. The molecule has 0 aliphatic carbocycles. The van der Waals surface area contributed by atoms with Crippen molar-refractivity contribution in [2.75, 3.05) is 19.5 Å². The minimum atomic E-state index is -0.558. The Morgan fingerprint density at radius 3 is 2.53 bits per heavy atom. The molecule has 2 heterocycles. The number of aryl methyl sites for hydroxylation is 3. The van der Waals surface area contributed by atoms with E-state index < -0.39 is 6.03 Å². The van der Waals surface area contributed by atoms with Gasteiger partial charge in [-0.1, -0.05) is 0 Å². The van der Waals surface area contributed by atoms with Gasteiger partial charge in [0, 0.05) is 42.5 Å². The zero-order valence-electron chi connectivity index (χ0n) is 17.7. The van der Waals surface area contributed by atoms with Gasteiger partial charge in [0.05, 0.1) is 14.2 Å². The third-order valence-electron chi connectivity index (χ3n) is 4.70. The number of anilines is 2. The van der Waals surface area contributed by atoms with Gasteiger partial charge in [-0.3, -0.25) is 0 Å². The Morgan fingerprint density at radius 1 is 1.10 bits per heavy atom. The van der Waals surface area contributed by atoms with Gasteiger partial charge in [-0.2, -0.15) is 4.98 Å². The van der Waals surface area contributed by atoms with Gasteiger partial charge in [-0.05, 0) is 43.5 Å². The van der Waals surface area contributed by atoms with Crippen molar-refractivity contribution < 1.29 is 14.3 Å². The lowest BCUT2D eigenvalue weighted by Gasteiger charge is -2.14. The van der Waals surface area contributed by atoms with Crippen LogP contribution in [0.4, 0.5) is 16.4 Å². The maximum atomic E-state index is 11.0. The number of amides is 2. The first-order chi connectivity index (χ1) is 14.3. The topological polar surface area (TPSA) is 116 Å². The molecule has 4 N–H and O–H groups in total. The summed E-state index contributed by atoms with van der Waals surface area (Å²) in [5.41, 5.74) is 9.78. The van der Waals surface area contributed by atoms with Gasteiger partial charge in [-0.15, -0.1) is 0 Å². The second-order valence-corrected chi connectivity index (χ2v) is 6.95. The average molecular weight is 410 g/mol. The van der Waals surface area contributed by atoms with Gasteiger partial charge >= 0.3 is 6.03 Å². The second-order valence-electron chi connectivity index (χ2n) is 6.95. The van der Waals surface area contributed by atoms with Crippen LogP contribution in [0, 0.1) is 20.8 Å². The largest absolute Gasteiger partial charge is 0.493 e. The highest BCUT2D eigenvalue weighted by atomic mass is 16.5. The zero-order valence-corrected chi connectivity index (χ0v) is 17.7. The third-order valence-corrected chi connectivity index (χ3v) is 4.70. The van der Waals surface area contributed by atoms with Gasteiger partial charge in [0.25, 0.3) is 0 Å². The second kappa shape index (κ2) is 8.73. The highest BCUT2D eigenvalue weighted by molar-refractivity contribution is 5.71. The molecule has 0 spiro atoms. The molecule has 0 saturated heterocycles. The van der Waals surface area contributed by atoms with Crippen molar-refractivity contribution in [2.24, 2.45) is 5.73 Å². The monoisotopic (exact) mass is 410 g/mol. The number of carbonyl (C=O) groups excluding carboxylic acids is 1. The molecule has 1 aromatic carbocycles. The van der Waals surface area contributed by atoms with Crippen LogP contribution in [0.15, 0.2) is 30.7 Å². The number of aromatic nitrogens is 3. The molecule has 3 aromatic rings. The Morgan fingerprint density at radius 2 is 1.87 bits per heavy atom. The van der Waals surface area contributed by atoms with Crippen molar-refractivity contribution in [3.63, 3.8) is 0 Å². The van der Waals surface area contributed by atoms with Crippen LogP contribution in [0.2, 0.25) is 0 Å². The fourth-order valence-corrected chi connectivity index (χ4v) is 3.20. The summed E-state index contributed by atoms with van der Waals surface area (Å²) in [6.07, 6.45) is 5.64. The van der Waals surface area contributed by atoms with E-state index in [2.05, 4.69) is 20.6 Å². The van der Waals surface area contributed by atoms with Crippen LogP contribution in [-0.2, 0) is 6.54 Å². The van der Waals surface area contributed by atoms with E-state index in [0.29, 0.717) is 24.0 Å². The van der Waals surface area contributed by atoms with Crippen LogP contribution in [0.25, 0.3) is 5.82 Å². The Bertz CT molecular complexity index is 1080. The lowest BCUT2D eigenvalue weighted by molar-refractivity contribution is 0.248. The van der Waals surface area contributed by atoms with Crippen molar-refractivity contribution >= 4 is 17.7 Å². The Kier molecular flexibility index (Phi) is 6.10. The molecule has 158 valence electrons. The molecule has 0 unspecified atom stereocenters. The van der Waals surface area contributed by atoms with Gasteiger partial charge < -0.3 is 30.4 Å². The third kappa shape index (κ3) is 4.45. The first kappa shape index (κ1) is 21.0. The maximum absolute atomic E-state index is 11.0. The summed E-state index contributed by atoms with van der Waals surface area (Å²) < 4.78 is 12.7. The van der Waals surface area contributed by atoms with Gasteiger partial charge in [-0.25, -0.2) is 9.78 Å². The van der Waals surface area contributed by atoms with Crippen LogP contribution in [0.1, 0.15) is 22.3 Å². The number of hydrogen-bond acceptors (Lipinski definition) is 6. The van der Waals surface area contributed by atoms with E-state index in [1.807, 2.05) is 49.9 Å². The predicted octanol–water partition coefficient (Wildman–Crippen LogP) is 3.12. The number of nitrogens with zero attached hydrogens (tertiary/aromatic N) is 3.